The Balaban J connectivity index is 0. The third kappa shape index (κ3) is 18.6. The molecule has 9 heteroatoms. The first-order valence-corrected chi connectivity index (χ1v) is 13.9. The number of likely N-dealkylation sites (N-methyl/N-ethyl adjacent to an activating group) is 1. The van der Waals surface area contributed by atoms with E-state index in [4.69, 9.17) is 20.1 Å². The highest BCUT2D eigenvalue weighted by Gasteiger charge is 2.24. The van der Waals surface area contributed by atoms with Crippen LogP contribution in [0.5, 0.6) is 0 Å². The molecule has 0 bridgehead atoms. The second kappa shape index (κ2) is 24.7. The summed E-state index contributed by atoms with van der Waals surface area (Å²) in [6.07, 6.45) is 6.42. The molecule has 1 saturated heterocycles. The van der Waals surface area contributed by atoms with Crippen molar-refractivity contribution in [1.29, 1.82) is 0 Å². The van der Waals surface area contributed by atoms with E-state index in [0.29, 0.717) is 31.0 Å². The van der Waals surface area contributed by atoms with Gasteiger partial charge < -0.3 is 26.8 Å². The molecule has 1 aromatic carbocycles. The first kappa shape index (κ1) is 37.5. The van der Waals surface area contributed by atoms with Crippen molar-refractivity contribution in [3.05, 3.63) is 47.9 Å². The molecule has 1 aliphatic rings. The lowest BCUT2D eigenvalue weighted by molar-refractivity contribution is -0.122. The van der Waals surface area contributed by atoms with Crippen molar-refractivity contribution < 1.29 is 19.1 Å². The number of primary amides is 1. The van der Waals surface area contributed by atoms with E-state index in [1.165, 1.54) is 18.1 Å². The largest absolute Gasteiger partial charge is 0.398 e. The summed E-state index contributed by atoms with van der Waals surface area (Å²) < 4.78 is 5.44. The van der Waals surface area contributed by atoms with Crippen LogP contribution < -0.4 is 22.1 Å². The Labute approximate surface area is 234 Å². The van der Waals surface area contributed by atoms with Crippen molar-refractivity contribution >= 4 is 36.1 Å². The number of allylic oxidation sites excluding steroid dienone is 2. The van der Waals surface area contributed by atoms with E-state index < -0.39 is 0 Å². The number of anilines is 1. The zero-order valence-corrected chi connectivity index (χ0v) is 24.8. The lowest BCUT2D eigenvalue weighted by Gasteiger charge is -2.31. The minimum Gasteiger partial charge on any atom is -0.398 e. The van der Waals surface area contributed by atoms with Crippen molar-refractivity contribution in [1.82, 2.24) is 10.6 Å². The predicted octanol–water partition coefficient (Wildman–Crippen LogP) is 4.80. The Kier molecular flexibility index (Phi) is 24.4. The van der Waals surface area contributed by atoms with E-state index in [9.17, 15) is 4.79 Å². The number of rotatable bonds is 11. The summed E-state index contributed by atoms with van der Waals surface area (Å²) in [7, 11) is 1.92. The topological polar surface area (TPSA) is 137 Å². The summed E-state index contributed by atoms with van der Waals surface area (Å²) in [5.74, 6) is 1.01. The number of hydrogen-bond acceptors (Lipinski definition) is 7. The molecule has 1 atom stereocenters. The van der Waals surface area contributed by atoms with Crippen molar-refractivity contribution in [2.45, 2.75) is 76.7 Å². The number of amides is 2. The van der Waals surface area contributed by atoms with Crippen LogP contribution in [-0.2, 0) is 19.1 Å². The van der Waals surface area contributed by atoms with Gasteiger partial charge in [0.25, 0.3) is 0 Å². The first-order valence-electron chi connectivity index (χ1n) is 13.1. The summed E-state index contributed by atoms with van der Waals surface area (Å²) in [5, 5.41) is 6.41. The molecule has 2 amide bonds. The molecule has 0 spiro atoms. The fraction of sp³-hybridized carbons (Fsp3) is 0.552. The van der Waals surface area contributed by atoms with Gasteiger partial charge >= 0.3 is 0 Å². The Morgan fingerprint density at radius 3 is 2.24 bits per heavy atom. The van der Waals surface area contributed by atoms with E-state index in [-0.39, 0.29) is 18.4 Å². The van der Waals surface area contributed by atoms with Crippen molar-refractivity contribution in [3.8, 4) is 0 Å². The number of carbonyl (C=O) groups is 3. The van der Waals surface area contributed by atoms with Crippen LogP contribution in [0.25, 0.3) is 0 Å². The highest BCUT2D eigenvalue weighted by Crippen LogP contribution is 2.34. The molecule has 1 heterocycles. The molecule has 216 valence electrons. The van der Waals surface area contributed by atoms with Crippen LogP contribution in [0.2, 0.25) is 0 Å². The van der Waals surface area contributed by atoms with Crippen molar-refractivity contribution in [3.63, 3.8) is 0 Å². The average Bonchev–Trinajstić information content (AvgIpc) is 2.90. The molecule has 2 rings (SSSR count). The fourth-order valence-electron chi connectivity index (χ4n) is 3.41. The van der Waals surface area contributed by atoms with Gasteiger partial charge in [0.15, 0.2) is 0 Å². The molecule has 6 N–H and O–H groups in total. The van der Waals surface area contributed by atoms with Gasteiger partial charge in [-0.1, -0.05) is 65.1 Å². The fourth-order valence-corrected chi connectivity index (χ4v) is 4.31. The van der Waals surface area contributed by atoms with Gasteiger partial charge in [-0.3, -0.25) is 14.4 Å². The Bertz CT molecular complexity index is 806. The van der Waals surface area contributed by atoms with Crippen LogP contribution in [0, 0.1) is 5.92 Å². The molecule has 0 aliphatic carbocycles. The standard InChI is InChI=1S/C22H35N3O2S.C3H4O.C3H8.CH3NO/c1-15(2)18-6-7-19(23)21(13-18)28-16(3)5-8-22(26)25-20(14-24-4)17-9-11-27-12-10-17;1-2-3-4;1-3-2;2-1-3/h6-7,13,15,17,20,24H,3,5,8-12,14,23H2,1-2,4H3,(H,25,26);2-3H,1H2;3H2,1-2H3;1H,(H2,2,3). The van der Waals surface area contributed by atoms with Gasteiger partial charge in [0.05, 0.1) is 0 Å². The summed E-state index contributed by atoms with van der Waals surface area (Å²) in [6, 6.07) is 6.30. The van der Waals surface area contributed by atoms with Crippen LogP contribution in [-0.4, -0.2) is 51.5 Å². The molecule has 1 unspecified atom stereocenters. The SMILES string of the molecule is C=C(CCC(=O)NC(CNC)C1CCOCC1)Sc1cc(C(C)C)ccc1N.C=CC=O.CCC.NC=O. The van der Waals surface area contributed by atoms with Crippen LogP contribution in [0.1, 0.15) is 71.3 Å². The molecular weight excluding hydrogens is 500 g/mol. The zero-order valence-electron chi connectivity index (χ0n) is 24.0. The highest BCUT2D eigenvalue weighted by molar-refractivity contribution is 8.03. The molecule has 1 aromatic rings. The minimum atomic E-state index is 0.0809. The predicted molar refractivity (Wildman–Crippen MR) is 161 cm³/mol. The number of nitrogens with two attached hydrogens (primary N) is 2. The van der Waals surface area contributed by atoms with Crippen molar-refractivity contribution in [2.75, 3.05) is 32.5 Å². The first-order chi connectivity index (χ1) is 18.1. The smallest absolute Gasteiger partial charge is 0.220 e. The third-order valence-corrected chi connectivity index (χ3v) is 6.36. The summed E-state index contributed by atoms with van der Waals surface area (Å²) >= 11 is 1.57. The second-order valence-electron chi connectivity index (χ2n) is 8.99. The molecule has 38 heavy (non-hydrogen) atoms. The minimum absolute atomic E-state index is 0.0809. The number of benzene rings is 1. The molecule has 0 radical (unpaired) electrons. The van der Waals surface area contributed by atoms with E-state index >= 15 is 0 Å². The molecule has 0 aromatic heterocycles. The van der Waals surface area contributed by atoms with E-state index in [1.54, 1.807) is 11.8 Å². The number of ether oxygens (including phenoxy) is 1. The van der Waals surface area contributed by atoms with E-state index in [2.05, 4.69) is 69.4 Å². The molecule has 1 aliphatic heterocycles. The maximum Gasteiger partial charge on any atom is 0.220 e. The molecule has 8 nitrogen and oxygen atoms in total. The quantitative estimate of drug-likeness (QED) is 0.134. The molecule has 0 saturated carbocycles. The summed E-state index contributed by atoms with van der Waals surface area (Å²) in [5.41, 5.74) is 12.3. The normalized spacial score (nSPS) is 13.2. The van der Waals surface area contributed by atoms with Gasteiger partial charge in [0, 0.05) is 42.8 Å². The molecular formula is C29H50N4O4S. The lowest BCUT2D eigenvalue weighted by Crippen LogP contribution is -2.47. The van der Waals surface area contributed by atoms with Crippen molar-refractivity contribution in [2.24, 2.45) is 11.7 Å². The Morgan fingerprint density at radius 2 is 1.76 bits per heavy atom. The van der Waals surface area contributed by atoms with Gasteiger partial charge in [-0.15, -0.1) is 0 Å². The Morgan fingerprint density at radius 1 is 1.21 bits per heavy atom. The monoisotopic (exact) mass is 550 g/mol. The van der Waals surface area contributed by atoms with Crippen LogP contribution in [0.3, 0.4) is 0 Å². The van der Waals surface area contributed by atoms with Crippen LogP contribution >= 0.6 is 11.8 Å². The van der Waals surface area contributed by atoms with Gasteiger partial charge in [-0.2, -0.15) is 0 Å². The summed E-state index contributed by atoms with van der Waals surface area (Å²) in [6.45, 7) is 18.2. The average molecular weight is 551 g/mol. The number of nitrogen functional groups attached to an aromatic ring is 1. The third-order valence-electron chi connectivity index (χ3n) is 5.29. The maximum absolute atomic E-state index is 12.5. The number of thioether (sulfide) groups is 1. The number of carbonyl (C=O) groups excluding carboxylic acids is 3. The zero-order chi connectivity index (χ0) is 29.3. The number of nitrogens with one attached hydrogen (secondary N) is 2. The van der Waals surface area contributed by atoms with Crippen LogP contribution in [0.4, 0.5) is 5.69 Å². The Hall–Kier alpha value is -2.62. The maximum atomic E-state index is 12.5. The van der Waals surface area contributed by atoms with Crippen LogP contribution in [0.15, 0.2) is 47.2 Å². The van der Waals surface area contributed by atoms with E-state index in [1.807, 2.05) is 13.1 Å². The van der Waals surface area contributed by atoms with Gasteiger partial charge in [0.2, 0.25) is 12.3 Å². The molecule has 1 fully saturated rings. The lowest BCUT2D eigenvalue weighted by atomic mass is 9.91. The van der Waals surface area contributed by atoms with E-state index in [0.717, 1.165) is 48.1 Å². The number of aldehydes is 1. The van der Waals surface area contributed by atoms with Gasteiger partial charge in [-0.25, -0.2) is 0 Å². The number of hydrogen-bond donors (Lipinski definition) is 4. The highest BCUT2D eigenvalue weighted by atomic mass is 32.2. The van der Waals surface area contributed by atoms with Gasteiger partial charge in [0.1, 0.15) is 6.29 Å². The second-order valence-corrected chi connectivity index (χ2v) is 10.2. The summed E-state index contributed by atoms with van der Waals surface area (Å²) in [4.78, 5) is 32.1. The van der Waals surface area contributed by atoms with Gasteiger partial charge in [-0.05, 0) is 66.8 Å².